The SMILES string of the molecule is C(#Cc1ccc2c(c1)CC(Cc1ccc3ocnc3c1)C=N2)Cc1ccccc1. The molecule has 0 saturated carbocycles. The van der Waals surface area contributed by atoms with Crippen LogP contribution in [-0.2, 0) is 19.3 Å². The first-order valence-corrected chi connectivity index (χ1v) is 9.85. The number of fused-ring (bicyclic) bond motifs is 2. The van der Waals surface area contributed by atoms with Crippen molar-refractivity contribution in [2.45, 2.75) is 19.3 Å². The highest BCUT2D eigenvalue weighted by Crippen LogP contribution is 2.29. The number of benzene rings is 3. The van der Waals surface area contributed by atoms with E-state index in [1.807, 2.05) is 12.1 Å². The molecular formula is C26H20N2O. The second kappa shape index (κ2) is 7.77. The molecule has 140 valence electrons. The Kier molecular flexibility index (Phi) is 4.68. The zero-order valence-electron chi connectivity index (χ0n) is 16.0. The van der Waals surface area contributed by atoms with Gasteiger partial charge in [-0.05, 0) is 59.9 Å². The molecular weight excluding hydrogens is 356 g/mol. The van der Waals surface area contributed by atoms with Crippen LogP contribution < -0.4 is 0 Å². The monoisotopic (exact) mass is 376 g/mol. The summed E-state index contributed by atoms with van der Waals surface area (Å²) in [6.45, 7) is 0. The summed E-state index contributed by atoms with van der Waals surface area (Å²) in [4.78, 5) is 8.94. The molecule has 2 heterocycles. The van der Waals surface area contributed by atoms with Crippen molar-refractivity contribution in [1.29, 1.82) is 0 Å². The summed E-state index contributed by atoms with van der Waals surface area (Å²) in [5.74, 6) is 6.96. The van der Waals surface area contributed by atoms with Crippen LogP contribution in [0.5, 0.6) is 0 Å². The van der Waals surface area contributed by atoms with Crippen molar-refractivity contribution in [3.63, 3.8) is 0 Å². The van der Waals surface area contributed by atoms with Crippen LogP contribution in [0.4, 0.5) is 5.69 Å². The molecule has 0 bridgehead atoms. The maximum atomic E-state index is 5.33. The third-order valence-electron chi connectivity index (χ3n) is 5.25. The molecule has 0 N–H and O–H groups in total. The molecule has 3 heteroatoms. The molecule has 0 fully saturated rings. The van der Waals surface area contributed by atoms with Crippen LogP contribution in [0.25, 0.3) is 11.1 Å². The molecule has 1 aliphatic rings. The minimum Gasteiger partial charge on any atom is -0.443 e. The summed E-state index contributed by atoms with van der Waals surface area (Å²) in [5, 5.41) is 0. The predicted molar refractivity (Wildman–Crippen MR) is 117 cm³/mol. The Morgan fingerprint density at radius 1 is 0.966 bits per heavy atom. The summed E-state index contributed by atoms with van der Waals surface area (Å²) >= 11 is 0. The highest BCUT2D eigenvalue weighted by molar-refractivity contribution is 5.74. The molecule has 0 spiro atoms. The van der Waals surface area contributed by atoms with Crippen LogP contribution in [0.2, 0.25) is 0 Å². The summed E-state index contributed by atoms with van der Waals surface area (Å²) in [7, 11) is 0. The Bertz CT molecular complexity index is 1240. The Morgan fingerprint density at radius 3 is 2.83 bits per heavy atom. The summed E-state index contributed by atoms with van der Waals surface area (Å²) in [6, 6.07) is 22.9. The van der Waals surface area contributed by atoms with E-state index in [0.717, 1.165) is 41.6 Å². The van der Waals surface area contributed by atoms with Crippen LogP contribution in [-0.4, -0.2) is 11.2 Å². The van der Waals surface area contributed by atoms with Crippen LogP contribution in [0.15, 0.2) is 82.5 Å². The molecule has 0 radical (unpaired) electrons. The first-order valence-electron chi connectivity index (χ1n) is 9.85. The quantitative estimate of drug-likeness (QED) is 0.440. The maximum absolute atomic E-state index is 5.33. The van der Waals surface area contributed by atoms with Gasteiger partial charge in [-0.3, -0.25) is 4.99 Å². The number of aromatic nitrogens is 1. The zero-order valence-corrected chi connectivity index (χ0v) is 16.0. The van der Waals surface area contributed by atoms with Gasteiger partial charge in [-0.2, -0.15) is 0 Å². The minimum absolute atomic E-state index is 0.374. The Balaban J connectivity index is 1.30. The number of hydrogen-bond donors (Lipinski definition) is 0. The fourth-order valence-electron chi connectivity index (χ4n) is 3.78. The van der Waals surface area contributed by atoms with Crippen molar-refractivity contribution >= 4 is 23.0 Å². The number of nitrogens with zero attached hydrogens (tertiary/aromatic N) is 2. The van der Waals surface area contributed by atoms with Crippen molar-refractivity contribution in [3.8, 4) is 11.8 Å². The molecule has 29 heavy (non-hydrogen) atoms. The van der Waals surface area contributed by atoms with Crippen molar-refractivity contribution in [3.05, 3.63) is 95.4 Å². The number of oxazole rings is 1. The van der Waals surface area contributed by atoms with Crippen molar-refractivity contribution in [1.82, 2.24) is 4.98 Å². The fraction of sp³-hybridized carbons (Fsp3) is 0.154. The average molecular weight is 376 g/mol. The smallest absolute Gasteiger partial charge is 0.181 e. The van der Waals surface area contributed by atoms with Crippen LogP contribution in [0, 0.1) is 17.8 Å². The normalized spacial score (nSPS) is 15.0. The van der Waals surface area contributed by atoms with Gasteiger partial charge in [0.2, 0.25) is 0 Å². The largest absolute Gasteiger partial charge is 0.443 e. The standard InChI is InChI=1S/C26H20N2O/c1-2-5-19(6-3-1)7-4-8-20-9-11-24-23(14-20)15-22(17-27-24)13-21-10-12-26-25(16-21)28-18-29-26/h1-3,5-6,9-12,14,16-18,22H,7,13,15H2. The molecule has 3 aromatic carbocycles. The molecule has 1 aliphatic heterocycles. The lowest BCUT2D eigenvalue weighted by atomic mass is 9.90. The van der Waals surface area contributed by atoms with E-state index < -0.39 is 0 Å². The van der Waals surface area contributed by atoms with Crippen LogP contribution in [0.1, 0.15) is 22.3 Å². The molecule has 1 atom stereocenters. The van der Waals surface area contributed by atoms with Gasteiger partial charge in [0.25, 0.3) is 0 Å². The van der Waals surface area contributed by atoms with E-state index >= 15 is 0 Å². The van der Waals surface area contributed by atoms with E-state index in [1.165, 1.54) is 23.1 Å². The van der Waals surface area contributed by atoms with Crippen molar-refractivity contribution in [2.24, 2.45) is 10.9 Å². The molecule has 0 saturated heterocycles. The summed E-state index contributed by atoms with van der Waals surface area (Å²) in [5.41, 5.74) is 7.62. The van der Waals surface area contributed by atoms with Gasteiger partial charge in [-0.25, -0.2) is 4.98 Å². The molecule has 1 unspecified atom stereocenters. The number of rotatable bonds is 3. The van der Waals surface area contributed by atoms with Gasteiger partial charge in [0.05, 0.1) is 5.69 Å². The van der Waals surface area contributed by atoms with Gasteiger partial charge in [0.1, 0.15) is 5.52 Å². The van der Waals surface area contributed by atoms with E-state index in [-0.39, 0.29) is 0 Å². The van der Waals surface area contributed by atoms with E-state index in [4.69, 9.17) is 4.42 Å². The topological polar surface area (TPSA) is 38.4 Å². The van der Waals surface area contributed by atoms with E-state index in [1.54, 1.807) is 0 Å². The first kappa shape index (κ1) is 17.5. The lowest BCUT2D eigenvalue weighted by Crippen LogP contribution is -2.13. The lowest BCUT2D eigenvalue weighted by Gasteiger charge is -2.19. The molecule has 3 nitrogen and oxygen atoms in total. The number of hydrogen-bond acceptors (Lipinski definition) is 3. The van der Waals surface area contributed by atoms with Gasteiger partial charge in [-0.15, -0.1) is 0 Å². The van der Waals surface area contributed by atoms with Crippen LogP contribution in [0.3, 0.4) is 0 Å². The maximum Gasteiger partial charge on any atom is 0.181 e. The summed E-state index contributed by atoms with van der Waals surface area (Å²) in [6.07, 6.45) is 6.26. The van der Waals surface area contributed by atoms with Crippen LogP contribution >= 0.6 is 0 Å². The zero-order chi connectivity index (χ0) is 19.5. The van der Waals surface area contributed by atoms with Gasteiger partial charge in [0.15, 0.2) is 12.0 Å². The van der Waals surface area contributed by atoms with Gasteiger partial charge < -0.3 is 4.42 Å². The predicted octanol–water partition coefficient (Wildman–Crippen LogP) is 5.54. The first-order chi connectivity index (χ1) is 14.3. The molecule has 1 aromatic heterocycles. The van der Waals surface area contributed by atoms with Gasteiger partial charge in [-0.1, -0.05) is 48.2 Å². The highest BCUT2D eigenvalue weighted by atomic mass is 16.3. The lowest BCUT2D eigenvalue weighted by molar-refractivity contribution is 0.602. The van der Waals surface area contributed by atoms with E-state index in [9.17, 15) is 0 Å². The molecule has 5 rings (SSSR count). The average Bonchev–Trinajstić information content (AvgIpc) is 3.22. The Labute approximate surface area is 170 Å². The summed E-state index contributed by atoms with van der Waals surface area (Å²) < 4.78 is 5.33. The van der Waals surface area contributed by atoms with Crippen molar-refractivity contribution in [2.75, 3.05) is 0 Å². The highest BCUT2D eigenvalue weighted by Gasteiger charge is 2.16. The molecule has 0 aliphatic carbocycles. The third kappa shape index (κ3) is 3.97. The Hall–Kier alpha value is -3.64. The minimum atomic E-state index is 0.374. The van der Waals surface area contributed by atoms with E-state index in [2.05, 4.69) is 82.6 Å². The van der Waals surface area contributed by atoms with E-state index in [0.29, 0.717) is 5.92 Å². The van der Waals surface area contributed by atoms with Gasteiger partial charge >= 0.3 is 0 Å². The molecule has 4 aromatic rings. The third-order valence-corrected chi connectivity index (χ3v) is 5.25. The Morgan fingerprint density at radius 2 is 1.90 bits per heavy atom. The van der Waals surface area contributed by atoms with Gasteiger partial charge in [0, 0.05) is 24.1 Å². The second-order valence-corrected chi connectivity index (χ2v) is 7.41. The molecule has 0 amide bonds. The second-order valence-electron chi connectivity index (χ2n) is 7.41. The fourth-order valence-corrected chi connectivity index (χ4v) is 3.78. The number of aliphatic imine (C=N–C) groups is 1. The van der Waals surface area contributed by atoms with Crippen molar-refractivity contribution < 1.29 is 4.42 Å².